The first kappa shape index (κ1) is 11.0. The molecule has 0 bridgehead atoms. The number of aromatic amines is 1. The van der Waals surface area contributed by atoms with Crippen LogP contribution in [0.2, 0.25) is 0 Å². The summed E-state index contributed by atoms with van der Waals surface area (Å²) in [6.07, 6.45) is 1.29. The summed E-state index contributed by atoms with van der Waals surface area (Å²) in [4.78, 5) is 4.58. The molecule has 1 aliphatic heterocycles. The fourth-order valence-corrected chi connectivity index (χ4v) is 2.87. The monoisotopic (exact) mass is 244 g/mol. The lowest BCUT2D eigenvalue weighted by molar-refractivity contribution is 0.396. The van der Waals surface area contributed by atoms with Crippen LogP contribution in [0.3, 0.4) is 0 Å². The van der Waals surface area contributed by atoms with E-state index >= 15 is 0 Å². The SMILES string of the molecule is CN1CCC(CN(C)c2n[nH]c(=S)s2)C1. The highest BCUT2D eigenvalue weighted by Crippen LogP contribution is 2.20. The number of rotatable bonds is 3. The molecular formula is C9H16N4S2. The van der Waals surface area contributed by atoms with E-state index < -0.39 is 0 Å². The van der Waals surface area contributed by atoms with Gasteiger partial charge in [0.25, 0.3) is 0 Å². The molecule has 1 aliphatic rings. The Labute approximate surface area is 98.9 Å². The van der Waals surface area contributed by atoms with Gasteiger partial charge in [-0.25, -0.2) is 0 Å². The minimum absolute atomic E-state index is 0.750. The normalized spacial score (nSPS) is 22.1. The zero-order chi connectivity index (χ0) is 10.8. The molecule has 1 N–H and O–H groups in total. The summed E-state index contributed by atoms with van der Waals surface area (Å²) in [5, 5.41) is 7.99. The lowest BCUT2D eigenvalue weighted by Gasteiger charge is -2.19. The first-order chi connectivity index (χ1) is 7.15. The molecule has 84 valence electrons. The van der Waals surface area contributed by atoms with Crippen LogP contribution < -0.4 is 4.90 Å². The lowest BCUT2D eigenvalue weighted by atomic mass is 10.1. The van der Waals surface area contributed by atoms with E-state index in [9.17, 15) is 0 Å². The van der Waals surface area contributed by atoms with Gasteiger partial charge in [0.1, 0.15) is 0 Å². The lowest BCUT2D eigenvalue weighted by Crippen LogP contribution is -2.27. The first-order valence-electron chi connectivity index (χ1n) is 5.10. The van der Waals surface area contributed by atoms with Crippen LogP contribution in [0.25, 0.3) is 0 Å². The predicted octanol–water partition coefficient (Wildman–Crippen LogP) is 1.59. The number of hydrogen-bond acceptors (Lipinski definition) is 5. The van der Waals surface area contributed by atoms with E-state index in [1.165, 1.54) is 19.5 Å². The smallest absolute Gasteiger partial charge is 0.206 e. The summed E-state index contributed by atoms with van der Waals surface area (Å²) in [5.41, 5.74) is 0. The summed E-state index contributed by atoms with van der Waals surface area (Å²) in [6.45, 7) is 3.48. The number of hydrogen-bond donors (Lipinski definition) is 1. The topological polar surface area (TPSA) is 35.2 Å². The van der Waals surface area contributed by atoms with Crippen molar-refractivity contribution in [1.82, 2.24) is 15.1 Å². The van der Waals surface area contributed by atoms with Crippen LogP contribution >= 0.6 is 23.6 Å². The van der Waals surface area contributed by atoms with Crippen molar-refractivity contribution in [2.45, 2.75) is 6.42 Å². The van der Waals surface area contributed by atoms with Crippen molar-refractivity contribution in [2.24, 2.45) is 5.92 Å². The molecule has 1 unspecified atom stereocenters. The molecule has 1 fully saturated rings. The van der Waals surface area contributed by atoms with E-state index in [0.717, 1.165) is 21.5 Å². The minimum Gasteiger partial charge on any atom is -0.349 e. The van der Waals surface area contributed by atoms with Crippen molar-refractivity contribution in [2.75, 3.05) is 38.6 Å². The molecule has 1 saturated heterocycles. The third-order valence-electron chi connectivity index (χ3n) is 2.77. The number of nitrogens with one attached hydrogen (secondary N) is 1. The van der Waals surface area contributed by atoms with Gasteiger partial charge in [-0.1, -0.05) is 11.3 Å². The van der Waals surface area contributed by atoms with Gasteiger partial charge < -0.3 is 9.80 Å². The highest BCUT2D eigenvalue weighted by Gasteiger charge is 2.21. The largest absolute Gasteiger partial charge is 0.349 e. The summed E-state index contributed by atoms with van der Waals surface area (Å²) in [5.74, 6) is 0.762. The number of likely N-dealkylation sites (tertiary alicyclic amines) is 1. The molecule has 4 nitrogen and oxygen atoms in total. The molecule has 0 aromatic carbocycles. The molecular weight excluding hydrogens is 228 g/mol. The summed E-state index contributed by atoms with van der Waals surface area (Å²) < 4.78 is 0.750. The summed E-state index contributed by atoms with van der Waals surface area (Å²) in [7, 11) is 4.26. The Morgan fingerprint density at radius 2 is 2.53 bits per heavy atom. The molecule has 0 amide bonds. The van der Waals surface area contributed by atoms with E-state index in [2.05, 4.69) is 34.1 Å². The van der Waals surface area contributed by atoms with Gasteiger partial charge in [-0.2, -0.15) is 0 Å². The molecule has 6 heteroatoms. The molecule has 1 aromatic rings. The maximum Gasteiger partial charge on any atom is 0.206 e. The summed E-state index contributed by atoms with van der Waals surface area (Å²) >= 11 is 6.56. The van der Waals surface area contributed by atoms with Gasteiger partial charge in [0.05, 0.1) is 0 Å². The van der Waals surface area contributed by atoms with Gasteiger partial charge in [-0.05, 0) is 38.1 Å². The van der Waals surface area contributed by atoms with Crippen LogP contribution in [-0.2, 0) is 0 Å². The molecule has 0 radical (unpaired) electrons. The summed E-state index contributed by atoms with van der Waals surface area (Å²) in [6, 6.07) is 0. The van der Waals surface area contributed by atoms with Crippen molar-refractivity contribution in [3.63, 3.8) is 0 Å². The Morgan fingerprint density at radius 3 is 3.07 bits per heavy atom. The Kier molecular flexibility index (Phi) is 3.38. The van der Waals surface area contributed by atoms with E-state index in [1.807, 2.05) is 0 Å². The van der Waals surface area contributed by atoms with Crippen LogP contribution in [0.5, 0.6) is 0 Å². The fourth-order valence-electron chi connectivity index (χ4n) is 2.03. The Morgan fingerprint density at radius 1 is 1.73 bits per heavy atom. The van der Waals surface area contributed by atoms with Crippen LogP contribution in [-0.4, -0.2) is 48.8 Å². The average molecular weight is 244 g/mol. The Hall–Kier alpha value is -0.460. The van der Waals surface area contributed by atoms with E-state index in [4.69, 9.17) is 12.2 Å². The van der Waals surface area contributed by atoms with E-state index in [0.29, 0.717) is 0 Å². The second-order valence-corrected chi connectivity index (χ2v) is 5.84. The second-order valence-electron chi connectivity index (χ2n) is 4.19. The molecule has 0 aliphatic carbocycles. The van der Waals surface area contributed by atoms with Crippen LogP contribution in [0.1, 0.15) is 6.42 Å². The Balaban J connectivity index is 1.92. The standard InChI is InChI=1S/C9H16N4S2/c1-12-4-3-7(5-12)6-13(2)8-10-11-9(14)15-8/h7H,3-6H2,1-2H3,(H,11,14). The molecule has 15 heavy (non-hydrogen) atoms. The maximum absolute atomic E-state index is 5.02. The average Bonchev–Trinajstić information content (AvgIpc) is 2.75. The maximum atomic E-state index is 5.02. The van der Waals surface area contributed by atoms with Crippen LogP contribution in [0, 0.1) is 9.87 Å². The van der Waals surface area contributed by atoms with Crippen molar-refractivity contribution in [1.29, 1.82) is 0 Å². The van der Waals surface area contributed by atoms with Gasteiger partial charge in [-0.3, -0.25) is 5.10 Å². The third-order valence-corrected chi connectivity index (χ3v) is 3.98. The van der Waals surface area contributed by atoms with Crippen molar-refractivity contribution >= 4 is 28.7 Å². The van der Waals surface area contributed by atoms with Crippen LogP contribution in [0.4, 0.5) is 5.13 Å². The number of nitrogens with zero attached hydrogens (tertiary/aromatic N) is 3. The van der Waals surface area contributed by atoms with Gasteiger partial charge in [0, 0.05) is 20.1 Å². The highest BCUT2D eigenvalue weighted by molar-refractivity contribution is 7.73. The highest BCUT2D eigenvalue weighted by atomic mass is 32.1. The minimum atomic E-state index is 0.750. The van der Waals surface area contributed by atoms with Crippen LogP contribution in [0.15, 0.2) is 0 Å². The molecule has 2 heterocycles. The second kappa shape index (κ2) is 4.59. The van der Waals surface area contributed by atoms with Crippen molar-refractivity contribution < 1.29 is 0 Å². The van der Waals surface area contributed by atoms with Crippen molar-refractivity contribution in [3.8, 4) is 0 Å². The zero-order valence-corrected chi connectivity index (χ0v) is 10.7. The Bertz CT molecular complexity index is 372. The molecule has 2 rings (SSSR count). The van der Waals surface area contributed by atoms with Crippen molar-refractivity contribution in [3.05, 3.63) is 3.95 Å². The van der Waals surface area contributed by atoms with Gasteiger partial charge in [0.15, 0.2) is 3.95 Å². The quantitative estimate of drug-likeness (QED) is 0.819. The first-order valence-corrected chi connectivity index (χ1v) is 6.33. The predicted molar refractivity (Wildman–Crippen MR) is 66.2 cm³/mol. The van der Waals surface area contributed by atoms with Gasteiger partial charge >= 0.3 is 0 Å². The number of aromatic nitrogens is 2. The third kappa shape index (κ3) is 2.76. The van der Waals surface area contributed by atoms with E-state index in [-0.39, 0.29) is 0 Å². The molecule has 1 aromatic heterocycles. The fraction of sp³-hybridized carbons (Fsp3) is 0.778. The number of H-pyrrole nitrogens is 1. The molecule has 1 atom stereocenters. The molecule has 0 spiro atoms. The zero-order valence-electron chi connectivity index (χ0n) is 9.06. The number of anilines is 1. The van der Waals surface area contributed by atoms with Gasteiger partial charge in [0.2, 0.25) is 5.13 Å². The molecule has 0 saturated carbocycles. The van der Waals surface area contributed by atoms with E-state index in [1.54, 1.807) is 11.3 Å². The van der Waals surface area contributed by atoms with Gasteiger partial charge in [-0.15, -0.1) is 5.10 Å².